The van der Waals surface area contributed by atoms with E-state index in [1.165, 1.54) is 37.0 Å². The number of aromatic nitrogens is 5. The number of anilines is 1. The fraction of sp³-hybridized carbons (Fsp3) is 0.294. The van der Waals surface area contributed by atoms with Crippen molar-refractivity contribution in [3.8, 4) is 0 Å². The Morgan fingerprint density at radius 3 is 2.50 bits per heavy atom. The number of halogens is 4. The van der Waals surface area contributed by atoms with E-state index in [4.69, 9.17) is 0 Å². The Kier molecular flexibility index (Phi) is 5.16. The van der Waals surface area contributed by atoms with Crippen molar-refractivity contribution in [3.05, 3.63) is 59.4 Å². The highest BCUT2D eigenvalue weighted by Crippen LogP contribution is 2.29. The normalized spacial score (nSPS) is 12.8. The van der Waals surface area contributed by atoms with Crippen LogP contribution in [0.2, 0.25) is 0 Å². The average molecular weight is 396 g/mol. The monoisotopic (exact) mass is 396 g/mol. The summed E-state index contributed by atoms with van der Waals surface area (Å²) in [6.07, 6.45) is -3.21. The number of benzene rings is 1. The van der Waals surface area contributed by atoms with E-state index in [1.807, 2.05) is 0 Å². The number of alkyl halides is 3. The van der Waals surface area contributed by atoms with Crippen LogP contribution in [0.15, 0.2) is 36.7 Å². The Balaban J connectivity index is 1.67. The molecule has 1 unspecified atom stereocenters. The Morgan fingerprint density at radius 1 is 1.21 bits per heavy atom. The number of carbonyl (C=O) groups excluding carboxylic acids is 1. The van der Waals surface area contributed by atoms with Gasteiger partial charge in [-0.1, -0.05) is 12.1 Å². The van der Waals surface area contributed by atoms with Gasteiger partial charge in [-0.2, -0.15) is 18.3 Å². The number of carbonyl (C=O) groups is 1. The van der Waals surface area contributed by atoms with Gasteiger partial charge in [0.25, 0.3) is 5.91 Å². The van der Waals surface area contributed by atoms with E-state index in [1.54, 1.807) is 12.1 Å². The molecule has 2 heterocycles. The van der Waals surface area contributed by atoms with Gasteiger partial charge in [-0.15, -0.1) is 5.10 Å². The molecule has 1 amide bonds. The minimum Gasteiger partial charge on any atom is -0.291 e. The maximum atomic E-state index is 12.9. The molecule has 1 aromatic carbocycles. The van der Waals surface area contributed by atoms with Crippen LogP contribution in [0.3, 0.4) is 0 Å². The molecule has 3 aromatic rings. The highest BCUT2D eigenvalue weighted by molar-refractivity contribution is 5.91. The molecule has 0 saturated heterocycles. The molecule has 3 rings (SSSR count). The Bertz CT molecular complexity index is 976. The van der Waals surface area contributed by atoms with Crippen LogP contribution >= 0.6 is 0 Å². The molecule has 0 aliphatic heterocycles. The standard InChI is InChI=1S/C17H16F4N6O/c1-10-7-14(17(19,20)21)24-27(10)11(2)15(28)23-16-22-9-26(25-16)8-12-3-5-13(18)6-4-12/h3-7,9,11H,8H2,1-2H3,(H,23,25,28). The van der Waals surface area contributed by atoms with Gasteiger partial charge in [0.05, 0.1) is 6.54 Å². The fourth-order valence-corrected chi connectivity index (χ4v) is 2.55. The van der Waals surface area contributed by atoms with Gasteiger partial charge in [0.15, 0.2) is 5.69 Å². The second-order valence-corrected chi connectivity index (χ2v) is 6.17. The van der Waals surface area contributed by atoms with Gasteiger partial charge in [0.1, 0.15) is 18.2 Å². The van der Waals surface area contributed by atoms with Crippen LogP contribution in [0.5, 0.6) is 0 Å². The number of nitrogens with one attached hydrogen (secondary N) is 1. The second kappa shape index (κ2) is 7.41. The molecule has 0 aliphatic rings. The van der Waals surface area contributed by atoms with Gasteiger partial charge in [0.2, 0.25) is 5.95 Å². The summed E-state index contributed by atoms with van der Waals surface area (Å²) >= 11 is 0. The number of hydrogen-bond acceptors (Lipinski definition) is 4. The molecule has 2 aromatic heterocycles. The number of amides is 1. The van der Waals surface area contributed by atoms with Crippen LogP contribution in [-0.4, -0.2) is 30.5 Å². The molecule has 0 spiro atoms. The maximum Gasteiger partial charge on any atom is 0.435 e. The maximum absolute atomic E-state index is 12.9. The zero-order chi connectivity index (χ0) is 20.5. The fourth-order valence-electron chi connectivity index (χ4n) is 2.55. The third kappa shape index (κ3) is 4.35. The molecule has 11 heteroatoms. The summed E-state index contributed by atoms with van der Waals surface area (Å²) in [6.45, 7) is 3.17. The topological polar surface area (TPSA) is 77.6 Å². The summed E-state index contributed by atoms with van der Waals surface area (Å²) in [7, 11) is 0. The summed E-state index contributed by atoms with van der Waals surface area (Å²) in [4.78, 5) is 16.3. The van der Waals surface area contributed by atoms with E-state index in [2.05, 4.69) is 20.5 Å². The van der Waals surface area contributed by atoms with Crippen LogP contribution in [0, 0.1) is 12.7 Å². The van der Waals surface area contributed by atoms with Crippen molar-refractivity contribution in [3.63, 3.8) is 0 Å². The van der Waals surface area contributed by atoms with Crippen molar-refractivity contribution in [1.82, 2.24) is 24.5 Å². The van der Waals surface area contributed by atoms with E-state index in [9.17, 15) is 22.4 Å². The summed E-state index contributed by atoms with van der Waals surface area (Å²) in [5.41, 5.74) is -0.0829. The minimum absolute atomic E-state index is 0.000171. The van der Waals surface area contributed by atoms with Crippen LogP contribution in [0.25, 0.3) is 0 Å². The lowest BCUT2D eigenvalue weighted by molar-refractivity contribution is -0.141. The van der Waals surface area contributed by atoms with Gasteiger partial charge in [0, 0.05) is 5.69 Å². The largest absolute Gasteiger partial charge is 0.435 e. The minimum atomic E-state index is -4.59. The average Bonchev–Trinajstić information content (AvgIpc) is 3.22. The molecular formula is C17H16F4N6O. The number of hydrogen-bond donors (Lipinski definition) is 1. The SMILES string of the molecule is Cc1cc(C(F)(F)F)nn1C(C)C(=O)Nc1ncn(Cc2ccc(F)cc2)n1. The smallest absolute Gasteiger partial charge is 0.291 e. The van der Waals surface area contributed by atoms with Crippen LogP contribution in [0.4, 0.5) is 23.5 Å². The summed E-state index contributed by atoms with van der Waals surface area (Å²) in [6, 6.07) is 5.70. The van der Waals surface area contributed by atoms with Crippen molar-refractivity contribution in [1.29, 1.82) is 0 Å². The van der Waals surface area contributed by atoms with Crippen LogP contribution in [-0.2, 0) is 17.5 Å². The van der Waals surface area contributed by atoms with Crippen molar-refractivity contribution >= 4 is 11.9 Å². The van der Waals surface area contributed by atoms with Crippen molar-refractivity contribution in [2.45, 2.75) is 32.6 Å². The van der Waals surface area contributed by atoms with Crippen molar-refractivity contribution < 1.29 is 22.4 Å². The summed E-state index contributed by atoms with van der Waals surface area (Å²) in [5, 5.41) is 9.99. The highest BCUT2D eigenvalue weighted by Gasteiger charge is 2.35. The van der Waals surface area contributed by atoms with E-state index in [-0.39, 0.29) is 17.5 Å². The molecule has 28 heavy (non-hydrogen) atoms. The van der Waals surface area contributed by atoms with Crippen molar-refractivity contribution in [2.24, 2.45) is 0 Å². The molecule has 0 aliphatic carbocycles. The lowest BCUT2D eigenvalue weighted by Crippen LogP contribution is -2.26. The van der Waals surface area contributed by atoms with E-state index < -0.39 is 23.8 Å². The Morgan fingerprint density at radius 2 is 1.89 bits per heavy atom. The van der Waals surface area contributed by atoms with E-state index in [0.29, 0.717) is 6.54 Å². The second-order valence-electron chi connectivity index (χ2n) is 6.17. The third-order valence-electron chi connectivity index (χ3n) is 3.99. The first-order chi connectivity index (χ1) is 13.1. The molecule has 1 N–H and O–H groups in total. The molecule has 0 fully saturated rings. The lowest BCUT2D eigenvalue weighted by atomic mass is 10.2. The van der Waals surface area contributed by atoms with E-state index >= 15 is 0 Å². The van der Waals surface area contributed by atoms with E-state index in [0.717, 1.165) is 16.3 Å². The molecule has 0 radical (unpaired) electrons. The van der Waals surface area contributed by atoms with Gasteiger partial charge in [-0.3, -0.25) is 14.8 Å². The van der Waals surface area contributed by atoms with Crippen LogP contribution in [0.1, 0.15) is 29.9 Å². The number of aryl methyl sites for hydroxylation is 1. The zero-order valence-electron chi connectivity index (χ0n) is 14.9. The predicted octanol–water partition coefficient (Wildman–Crippen LogP) is 3.19. The predicted molar refractivity (Wildman–Crippen MR) is 90.8 cm³/mol. The number of nitrogens with zero attached hydrogens (tertiary/aromatic N) is 5. The number of rotatable bonds is 5. The first-order valence-electron chi connectivity index (χ1n) is 8.21. The Hall–Kier alpha value is -3.24. The van der Waals surface area contributed by atoms with Gasteiger partial charge in [-0.05, 0) is 37.6 Å². The van der Waals surface area contributed by atoms with Gasteiger partial charge >= 0.3 is 6.18 Å². The zero-order valence-corrected chi connectivity index (χ0v) is 14.9. The highest BCUT2D eigenvalue weighted by atomic mass is 19.4. The van der Waals surface area contributed by atoms with Crippen LogP contribution < -0.4 is 5.32 Å². The van der Waals surface area contributed by atoms with Gasteiger partial charge in [-0.25, -0.2) is 14.1 Å². The third-order valence-corrected chi connectivity index (χ3v) is 3.99. The molecular weight excluding hydrogens is 380 g/mol. The Labute approximate surface area is 157 Å². The van der Waals surface area contributed by atoms with Crippen molar-refractivity contribution in [2.75, 3.05) is 5.32 Å². The molecule has 7 nitrogen and oxygen atoms in total. The molecule has 148 valence electrons. The first kappa shape index (κ1) is 19.5. The molecule has 1 atom stereocenters. The molecule has 0 saturated carbocycles. The summed E-state index contributed by atoms with van der Waals surface area (Å²) < 4.78 is 53.7. The summed E-state index contributed by atoms with van der Waals surface area (Å²) in [5.74, 6) is -0.967. The van der Waals surface area contributed by atoms with Gasteiger partial charge < -0.3 is 0 Å². The molecule has 0 bridgehead atoms. The first-order valence-corrected chi connectivity index (χ1v) is 8.21. The quantitative estimate of drug-likeness (QED) is 0.672. The lowest BCUT2D eigenvalue weighted by Gasteiger charge is -2.13.